The summed E-state index contributed by atoms with van der Waals surface area (Å²) in [4.78, 5) is 5.17. The highest BCUT2D eigenvalue weighted by molar-refractivity contribution is 5.14. The molecule has 3 fully saturated rings. The molecule has 1 aromatic carbocycles. The van der Waals surface area contributed by atoms with Crippen LogP contribution in [-0.2, 0) is 16.0 Å². The molecule has 4 rings (SSSR count). The van der Waals surface area contributed by atoms with Crippen LogP contribution in [0.5, 0.6) is 0 Å². The Morgan fingerprint density at radius 1 is 1.10 bits per heavy atom. The first-order valence-corrected chi connectivity index (χ1v) is 8.11. The molecule has 3 aliphatic heterocycles. The zero-order valence-corrected chi connectivity index (χ0v) is 12.5. The number of piperidine rings is 1. The quantitative estimate of drug-likeness (QED) is 0.827. The molecule has 4 nitrogen and oxygen atoms in total. The van der Waals surface area contributed by atoms with Crippen LogP contribution in [0.1, 0.15) is 18.4 Å². The third-order valence-corrected chi connectivity index (χ3v) is 5.05. The van der Waals surface area contributed by atoms with Crippen LogP contribution in [0.3, 0.4) is 0 Å². The second-order valence-corrected chi connectivity index (χ2v) is 6.49. The number of hydrogen-bond acceptors (Lipinski definition) is 4. The van der Waals surface area contributed by atoms with Crippen molar-refractivity contribution in [3.05, 3.63) is 35.9 Å². The summed E-state index contributed by atoms with van der Waals surface area (Å²) in [6.45, 7) is 7.00. The van der Waals surface area contributed by atoms with Gasteiger partial charge in [0.05, 0.1) is 19.8 Å². The van der Waals surface area contributed by atoms with E-state index in [1.807, 2.05) is 0 Å². The summed E-state index contributed by atoms with van der Waals surface area (Å²) in [5.74, 6) is -0.280. The molecule has 0 N–H and O–H groups in total. The lowest BCUT2D eigenvalue weighted by molar-refractivity contribution is -0.203. The molecule has 1 spiro atoms. The molecular weight excluding hydrogens is 264 g/mol. The largest absolute Gasteiger partial charge is 0.346 e. The molecular formula is C17H24N2O2. The summed E-state index contributed by atoms with van der Waals surface area (Å²) >= 11 is 0. The molecule has 1 aromatic rings. The number of ether oxygens (including phenoxy) is 2. The Bertz CT molecular complexity index is 473. The summed E-state index contributed by atoms with van der Waals surface area (Å²) in [6, 6.07) is 11.5. The molecule has 0 aliphatic carbocycles. The topological polar surface area (TPSA) is 24.9 Å². The van der Waals surface area contributed by atoms with Crippen LogP contribution >= 0.6 is 0 Å². The molecule has 4 heteroatoms. The van der Waals surface area contributed by atoms with E-state index >= 15 is 0 Å². The minimum atomic E-state index is -0.280. The van der Waals surface area contributed by atoms with E-state index in [0.29, 0.717) is 6.04 Å². The Kier molecular flexibility index (Phi) is 3.71. The third-order valence-electron chi connectivity index (χ3n) is 5.05. The lowest BCUT2D eigenvalue weighted by Gasteiger charge is -2.48. The first-order valence-electron chi connectivity index (χ1n) is 8.11. The van der Waals surface area contributed by atoms with Crippen LogP contribution in [0.25, 0.3) is 0 Å². The fraction of sp³-hybridized carbons (Fsp3) is 0.647. The first kappa shape index (κ1) is 13.7. The Balaban J connectivity index is 1.36. The fourth-order valence-electron chi connectivity index (χ4n) is 3.93. The standard InChI is InChI=1S/C17H24N2O2/c1-2-4-15(5-3-1)12-18-8-9-19-14-17(20-10-11-21-17)7-6-16(19)13-18/h1-5,16H,6-14H2. The molecule has 21 heavy (non-hydrogen) atoms. The van der Waals surface area contributed by atoms with Gasteiger partial charge in [0.25, 0.3) is 0 Å². The predicted molar refractivity (Wildman–Crippen MR) is 80.9 cm³/mol. The summed E-state index contributed by atoms with van der Waals surface area (Å²) in [5, 5.41) is 0. The zero-order chi connectivity index (χ0) is 14.1. The zero-order valence-electron chi connectivity index (χ0n) is 12.5. The lowest BCUT2D eigenvalue weighted by atomic mass is 9.95. The summed E-state index contributed by atoms with van der Waals surface area (Å²) in [7, 11) is 0. The van der Waals surface area contributed by atoms with Gasteiger partial charge in [0, 0.05) is 38.6 Å². The van der Waals surface area contributed by atoms with Crippen LogP contribution in [0.4, 0.5) is 0 Å². The van der Waals surface area contributed by atoms with E-state index in [9.17, 15) is 0 Å². The average molecular weight is 288 g/mol. The molecule has 3 heterocycles. The molecule has 1 unspecified atom stereocenters. The van der Waals surface area contributed by atoms with Crippen LogP contribution < -0.4 is 0 Å². The van der Waals surface area contributed by atoms with Gasteiger partial charge >= 0.3 is 0 Å². The van der Waals surface area contributed by atoms with Crippen LogP contribution in [0, 0.1) is 0 Å². The van der Waals surface area contributed by atoms with Gasteiger partial charge in [-0.3, -0.25) is 9.80 Å². The number of benzene rings is 1. The molecule has 3 aliphatic rings. The van der Waals surface area contributed by atoms with E-state index < -0.39 is 0 Å². The van der Waals surface area contributed by atoms with E-state index in [-0.39, 0.29) is 5.79 Å². The monoisotopic (exact) mass is 288 g/mol. The molecule has 0 bridgehead atoms. The van der Waals surface area contributed by atoms with Gasteiger partial charge in [0.15, 0.2) is 5.79 Å². The van der Waals surface area contributed by atoms with E-state index in [1.165, 1.54) is 18.5 Å². The van der Waals surface area contributed by atoms with Gasteiger partial charge in [-0.15, -0.1) is 0 Å². The van der Waals surface area contributed by atoms with Gasteiger partial charge in [0.1, 0.15) is 0 Å². The van der Waals surface area contributed by atoms with Gasteiger partial charge < -0.3 is 9.47 Å². The van der Waals surface area contributed by atoms with E-state index in [4.69, 9.17) is 9.47 Å². The SMILES string of the molecule is c1ccc(CN2CCN3CC4(CCC3C2)OCCO4)cc1. The average Bonchev–Trinajstić information content (AvgIpc) is 2.97. The molecule has 0 radical (unpaired) electrons. The highest BCUT2D eigenvalue weighted by Gasteiger charge is 2.45. The Morgan fingerprint density at radius 2 is 1.90 bits per heavy atom. The van der Waals surface area contributed by atoms with Crippen LogP contribution in [0.15, 0.2) is 30.3 Å². The molecule has 114 valence electrons. The maximum absolute atomic E-state index is 5.88. The highest BCUT2D eigenvalue weighted by atomic mass is 16.7. The van der Waals surface area contributed by atoms with E-state index in [1.54, 1.807) is 0 Å². The smallest absolute Gasteiger partial charge is 0.181 e. The molecule has 0 saturated carbocycles. The van der Waals surface area contributed by atoms with Crippen LogP contribution in [0.2, 0.25) is 0 Å². The molecule has 3 saturated heterocycles. The second kappa shape index (κ2) is 5.69. The number of fused-ring (bicyclic) bond motifs is 1. The van der Waals surface area contributed by atoms with Gasteiger partial charge in [-0.05, 0) is 12.0 Å². The Labute approximate surface area is 126 Å². The van der Waals surface area contributed by atoms with Gasteiger partial charge in [-0.25, -0.2) is 0 Å². The van der Waals surface area contributed by atoms with Crippen molar-refractivity contribution in [2.75, 3.05) is 39.4 Å². The Hall–Kier alpha value is -0.940. The summed E-state index contributed by atoms with van der Waals surface area (Å²) < 4.78 is 11.8. The first-order chi connectivity index (χ1) is 10.3. The van der Waals surface area contributed by atoms with Crippen molar-refractivity contribution in [1.29, 1.82) is 0 Å². The number of nitrogens with zero attached hydrogens (tertiary/aromatic N) is 2. The number of piperazine rings is 1. The minimum absolute atomic E-state index is 0.280. The predicted octanol–water partition coefficient (Wildman–Crippen LogP) is 1.71. The summed E-state index contributed by atoms with van der Waals surface area (Å²) in [5.41, 5.74) is 1.42. The van der Waals surface area contributed by atoms with Gasteiger partial charge in [-0.2, -0.15) is 0 Å². The van der Waals surface area contributed by atoms with Crippen molar-refractivity contribution in [2.45, 2.75) is 31.2 Å². The van der Waals surface area contributed by atoms with Crippen molar-refractivity contribution in [2.24, 2.45) is 0 Å². The number of rotatable bonds is 2. The highest BCUT2D eigenvalue weighted by Crippen LogP contribution is 2.34. The van der Waals surface area contributed by atoms with Crippen molar-refractivity contribution < 1.29 is 9.47 Å². The summed E-state index contributed by atoms with van der Waals surface area (Å²) in [6.07, 6.45) is 2.23. The number of hydrogen-bond donors (Lipinski definition) is 0. The Morgan fingerprint density at radius 3 is 2.71 bits per heavy atom. The third kappa shape index (κ3) is 2.86. The van der Waals surface area contributed by atoms with Gasteiger partial charge in [-0.1, -0.05) is 30.3 Å². The maximum Gasteiger partial charge on any atom is 0.181 e. The fourth-order valence-corrected chi connectivity index (χ4v) is 3.93. The van der Waals surface area contributed by atoms with Gasteiger partial charge in [0.2, 0.25) is 0 Å². The van der Waals surface area contributed by atoms with Crippen molar-refractivity contribution in [3.8, 4) is 0 Å². The molecule has 0 amide bonds. The van der Waals surface area contributed by atoms with Crippen LogP contribution in [-0.4, -0.2) is 61.0 Å². The van der Waals surface area contributed by atoms with Crippen molar-refractivity contribution in [3.63, 3.8) is 0 Å². The molecule has 1 atom stereocenters. The normalized spacial score (nSPS) is 29.6. The maximum atomic E-state index is 5.88. The second-order valence-electron chi connectivity index (χ2n) is 6.49. The van der Waals surface area contributed by atoms with E-state index in [0.717, 1.165) is 45.8 Å². The minimum Gasteiger partial charge on any atom is -0.346 e. The van der Waals surface area contributed by atoms with Crippen molar-refractivity contribution in [1.82, 2.24) is 9.80 Å². The van der Waals surface area contributed by atoms with E-state index in [2.05, 4.69) is 40.1 Å². The lowest BCUT2D eigenvalue weighted by Crippen LogP contribution is -2.60. The van der Waals surface area contributed by atoms with Crippen molar-refractivity contribution >= 4 is 0 Å². The molecule has 0 aromatic heterocycles.